The quantitative estimate of drug-likeness (QED) is 0.102. The zero-order valence-corrected chi connectivity index (χ0v) is 26.4. The highest BCUT2D eigenvalue weighted by Crippen LogP contribution is 2.37. The molecule has 0 radical (unpaired) electrons. The molecule has 3 N–H and O–H groups in total. The molecule has 3 amide bonds. The summed E-state index contributed by atoms with van der Waals surface area (Å²) in [6.45, 7) is 0. The van der Waals surface area contributed by atoms with Crippen molar-refractivity contribution in [2.24, 2.45) is 0 Å². The molecule has 5 rings (SSSR count). The molecule has 0 fully saturated rings. The smallest absolute Gasteiger partial charge is 0.272 e. The lowest BCUT2D eigenvalue weighted by Crippen LogP contribution is -2.30. The van der Waals surface area contributed by atoms with Crippen LogP contribution in [0.4, 0.5) is 15.8 Å². The van der Waals surface area contributed by atoms with Crippen LogP contribution in [0.3, 0.4) is 0 Å². The lowest BCUT2D eigenvalue weighted by molar-refractivity contribution is -0.116. The molecule has 0 bridgehead atoms. The van der Waals surface area contributed by atoms with Gasteiger partial charge in [-0.25, -0.2) is 4.39 Å². The third kappa shape index (κ3) is 8.63. The first kappa shape index (κ1) is 32.5. The fourth-order valence-electron chi connectivity index (χ4n) is 4.35. The normalized spacial score (nSPS) is 11.8. The summed E-state index contributed by atoms with van der Waals surface area (Å²) in [5.41, 5.74) is 2.40. The zero-order valence-electron chi connectivity index (χ0n) is 24.0. The Morgan fingerprint density at radius 2 is 1.39 bits per heavy atom. The minimum Gasteiger partial charge on any atom is -0.325 e. The van der Waals surface area contributed by atoms with Gasteiger partial charge >= 0.3 is 0 Å². The summed E-state index contributed by atoms with van der Waals surface area (Å²) in [5, 5.41) is 8.23. The van der Waals surface area contributed by atoms with E-state index in [1.807, 2.05) is 36.4 Å². The Bertz CT molecular complexity index is 1890. The first-order valence-corrected chi connectivity index (χ1v) is 15.6. The standard InChI is InChI=1S/C36H26Cl2FN3O3S/c37-30-16-7-13-25(32(30)38)21-31(42-34(43)24-11-5-2-6-12-24)35(44)41-28-14-8-15-29(22-28)46-33(23-9-3-1-4-10-23)36(45)40-27-19-17-26(39)18-20-27/h1-22,33H,(H,40,45)(H,41,44)(H,42,43)/b31-21+. The SMILES string of the molecule is O=C(Nc1cccc(SC(C(=O)Nc2ccc(F)cc2)c2ccccc2)c1)/C(=C\c1cccc(Cl)c1Cl)NC(=O)c1ccccc1. The van der Waals surface area contributed by atoms with Crippen molar-refractivity contribution in [2.75, 3.05) is 10.6 Å². The van der Waals surface area contributed by atoms with Crippen molar-refractivity contribution in [1.29, 1.82) is 0 Å². The van der Waals surface area contributed by atoms with Crippen molar-refractivity contribution in [1.82, 2.24) is 5.32 Å². The van der Waals surface area contributed by atoms with Gasteiger partial charge in [-0.2, -0.15) is 0 Å². The number of amides is 3. The number of hydrogen-bond donors (Lipinski definition) is 3. The number of halogens is 3. The molecule has 0 heterocycles. The number of nitrogens with one attached hydrogen (secondary N) is 3. The van der Waals surface area contributed by atoms with Crippen LogP contribution in [0, 0.1) is 5.82 Å². The van der Waals surface area contributed by atoms with E-state index in [-0.39, 0.29) is 16.6 Å². The van der Waals surface area contributed by atoms with Crippen LogP contribution in [0.15, 0.2) is 138 Å². The van der Waals surface area contributed by atoms with E-state index in [0.717, 1.165) is 5.56 Å². The fraction of sp³-hybridized carbons (Fsp3) is 0.0278. The molecular weight excluding hydrogens is 644 g/mol. The summed E-state index contributed by atoms with van der Waals surface area (Å²) in [6.07, 6.45) is 1.45. The van der Waals surface area contributed by atoms with Crippen molar-refractivity contribution in [3.8, 4) is 0 Å². The molecule has 10 heteroatoms. The highest BCUT2D eigenvalue weighted by molar-refractivity contribution is 8.00. The van der Waals surface area contributed by atoms with Gasteiger partial charge in [0.25, 0.3) is 11.8 Å². The molecule has 0 aliphatic carbocycles. The number of benzene rings is 5. The second-order valence-electron chi connectivity index (χ2n) is 9.91. The van der Waals surface area contributed by atoms with E-state index < -0.39 is 22.9 Å². The summed E-state index contributed by atoms with van der Waals surface area (Å²) in [4.78, 5) is 40.8. The van der Waals surface area contributed by atoms with Crippen LogP contribution in [0.2, 0.25) is 10.0 Å². The molecular formula is C36H26Cl2FN3O3S. The summed E-state index contributed by atoms with van der Waals surface area (Å²) < 4.78 is 13.4. The summed E-state index contributed by atoms with van der Waals surface area (Å²) >= 11 is 13.9. The van der Waals surface area contributed by atoms with Gasteiger partial charge < -0.3 is 16.0 Å². The summed E-state index contributed by atoms with van der Waals surface area (Å²) in [5.74, 6) is -1.79. The second-order valence-corrected chi connectivity index (χ2v) is 11.9. The maximum absolute atomic E-state index is 13.6. The van der Waals surface area contributed by atoms with Crippen LogP contribution >= 0.6 is 35.0 Å². The van der Waals surface area contributed by atoms with Crippen LogP contribution in [0.25, 0.3) is 6.08 Å². The highest BCUT2D eigenvalue weighted by atomic mass is 35.5. The minimum absolute atomic E-state index is 0.0584. The first-order valence-electron chi connectivity index (χ1n) is 14.0. The van der Waals surface area contributed by atoms with Crippen molar-refractivity contribution in [3.63, 3.8) is 0 Å². The molecule has 0 aliphatic heterocycles. The molecule has 0 aliphatic rings. The second kappa shape index (κ2) is 15.4. The maximum Gasteiger partial charge on any atom is 0.272 e. The number of carbonyl (C=O) groups is 3. The third-order valence-corrected chi connectivity index (χ3v) is 8.69. The van der Waals surface area contributed by atoms with Crippen molar-refractivity contribution in [3.05, 3.63) is 166 Å². The van der Waals surface area contributed by atoms with Crippen molar-refractivity contribution in [2.45, 2.75) is 10.1 Å². The average Bonchev–Trinajstić information content (AvgIpc) is 3.07. The molecule has 0 aromatic heterocycles. The molecule has 230 valence electrons. The number of thioether (sulfide) groups is 1. The largest absolute Gasteiger partial charge is 0.325 e. The lowest BCUT2D eigenvalue weighted by atomic mass is 10.1. The number of rotatable bonds is 10. The Balaban J connectivity index is 1.39. The zero-order chi connectivity index (χ0) is 32.5. The number of hydrogen-bond acceptors (Lipinski definition) is 4. The van der Waals surface area contributed by atoms with Gasteiger partial charge in [0.1, 0.15) is 16.8 Å². The highest BCUT2D eigenvalue weighted by Gasteiger charge is 2.23. The van der Waals surface area contributed by atoms with Gasteiger partial charge in [0.2, 0.25) is 5.91 Å². The molecule has 46 heavy (non-hydrogen) atoms. The lowest BCUT2D eigenvalue weighted by Gasteiger charge is -2.18. The Hall–Kier alpha value is -4.89. The van der Waals surface area contributed by atoms with Crippen LogP contribution < -0.4 is 16.0 Å². The van der Waals surface area contributed by atoms with Gasteiger partial charge in [-0.05, 0) is 77.9 Å². The minimum atomic E-state index is -0.664. The van der Waals surface area contributed by atoms with Gasteiger partial charge in [0.15, 0.2) is 0 Å². The van der Waals surface area contributed by atoms with Gasteiger partial charge in [-0.3, -0.25) is 14.4 Å². The van der Waals surface area contributed by atoms with Gasteiger partial charge in [0, 0.05) is 21.8 Å². The monoisotopic (exact) mass is 669 g/mol. The molecule has 6 nitrogen and oxygen atoms in total. The molecule has 0 spiro atoms. The molecule has 5 aromatic carbocycles. The predicted molar refractivity (Wildman–Crippen MR) is 183 cm³/mol. The van der Waals surface area contributed by atoms with E-state index in [1.54, 1.807) is 66.7 Å². The number of anilines is 2. The average molecular weight is 671 g/mol. The van der Waals surface area contributed by atoms with Crippen molar-refractivity contribution >= 4 is 70.1 Å². The van der Waals surface area contributed by atoms with E-state index in [1.165, 1.54) is 42.1 Å². The van der Waals surface area contributed by atoms with E-state index in [9.17, 15) is 18.8 Å². The van der Waals surface area contributed by atoms with Crippen LogP contribution in [0.5, 0.6) is 0 Å². The van der Waals surface area contributed by atoms with Crippen LogP contribution in [-0.2, 0) is 9.59 Å². The van der Waals surface area contributed by atoms with Crippen molar-refractivity contribution < 1.29 is 18.8 Å². The summed E-state index contributed by atoms with van der Waals surface area (Å²) in [7, 11) is 0. The van der Waals surface area contributed by atoms with Gasteiger partial charge in [-0.15, -0.1) is 11.8 Å². The molecule has 1 unspecified atom stereocenters. The van der Waals surface area contributed by atoms with E-state index in [4.69, 9.17) is 23.2 Å². The van der Waals surface area contributed by atoms with Gasteiger partial charge in [0.05, 0.1) is 10.0 Å². The van der Waals surface area contributed by atoms with E-state index in [2.05, 4.69) is 16.0 Å². The van der Waals surface area contributed by atoms with E-state index in [0.29, 0.717) is 32.4 Å². The Kier molecular flexibility index (Phi) is 10.9. The molecule has 0 saturated heterocycles. The first-order chi connectivity index (χ1) is 22.3. The van der Waals surface area contributed by atoms with Gasteiger partial charge in [-0.1, -0.05) is 89.9 Å². The summed E-state index contributed by atoms with van der Waals surface area (Å²) in [6, 6.07) is 35.2. The Morgan fingerprint density at radius 3 is 2.11 bits per heavy atom. The topological polar surface area (TPSA) is 87.3 Å². The Labute approximate surface area is 279 Å². The maximum atomic E-state index is 13.6. The molecule has 5 aromatic rings. The van der Waals surface area contributed by atoms with Crippen LogP contribution in [0.1, 0.15) is 26.7 Å². The van der Waals surface area contributed by atoms with Crippen LogP contribution in [-0.4, -0.2) is 17.7 Å². The fourth-order valence-corrected chi connectivity index (χ4v) is 5.80. The predicted octanol–water partition coefficient (Wildman–Crippen LogP) is 9.01. The van der Waals surface area contributed by atoms with E-state index >= 15 is 0 Å². The Morgan fingerprint density at radius 1 is 0.717 bits per heavy atom. The molecule has 0 saturated carbocycles. The number of carbonyl (C=O) groups excluding carboxylic acids is 3. The molecule has 1 atom stereocenters. The third-order valence-electron chi connectivity index (χ3n) is 6.61.